The van der Waals surface area contributed by atoms with Gasteiger partial charge in [0.1, 0.15) is 0 Å². The van der Waals surface area contributed by atoms with E-state index in [9.17, 15) is 9.59 Å². The fourth-order valence-corrected chi connectivity index (χ4v) is 3.95. The van der Waals surface area contributed by atoms with Crippen molar-refractivity contribution in [3.8, 4) is 11.5 Å². The maximum Gasteiger partial charge on any atom is 0.293 e. The first-order chi connectivity index (χ1) is 13.4. The van der Waals surface area contributed by atoms with Crippen LogP contribution in [0.5, 0.6) is 11.5 Å². The van der Waals surface area contributed by atoms with Crippen LogP contribution >= 0.6 is 35.0 Å². The van der Waals surface area contributed by atoms with Gasteiger partial charge in [0.25, 0.3) is 11.1 Å². The van der Waals surface area contributed by atoms with E-state index in [-0.39, 0.29) is 17.7 Å². The van der Waals surface area contributed by atoms with Crippen molar-refractivity contribution < 1.29 is 19.1 Å². The number of carbonyl (C=O) groups excluding carboxylic acids is 2. The number of carbonyl (C=O) groups is 2. The van der Waals surface area contributed by atoms with Crippen LogP contribution < -0.4 is 9.47 Å². The molecule has 5 nitrogen and oxygen atoms in total. The highest BCUT2D eigenvalue weighted by Crippen LogP contribution is 2.39. The first-order valence-electron chi connectivity index (χ1n) is 8.43. The minimum Gasteiger partial charge on any atom is -0.491 e. The van der Waals surface area contributed by atoms with Crippen LogP contribution in [0.2, 0.25) is 10.0 Å². The predicted octanol–water partition coefficient (Wildman–Crippen LogP) is 5.64. The summed E-state index contributed by atoms with van der Waals surface area (Å²) in [6, 6.07) is 10.4. The highest BCUT2D eigenvalue weighted by Gasteiger charge is 2.35. The summed E-state index contributed by atoms with van der Waals surface area (Å²) in [5.41, 5.74) is 1.46. The Balaban J connectivity index is 1.86. The third kappa shape index (κ3) is 4.46. The van der Waals surface area contributed by atoms with Gasteiger partial charge in [0.2, 0.25) is 0 Å². The number of benzene rings is 2. The van der Waals surface area contributed by atoms with Gasteiger partial charge in [0.15, 0.2) is 11.5 Å². The van der Waals surface area contributed by atoms with Crippen molar-refractivity contribution in [3.63, 3.8) is 0 Å². The van der Waals surface area contributed by atoms with E-state index in [1.807, 2.05) is 6.92 Å². The molecule has 1 fully saturated rings. The second-order valence-corrected chi connectivity index (χ2v) is 7.70. The third-order valence-electron chi connectivity index (χ3n) is 3.96. The fourth-order valence-electron chi connectivity index (χ4n) is 2.69. The van der Waals surface area contributed by atoms with Crippen molar-refractivity contribution in [3.05, 3.63) is 62.5 Å². The lowest BCUT2D eigenvalue weighted by molar-refractivity contribution is -0.123. The molecule has 8 heteroatoms. The maximum absolute atomic E-state index is 12.7. The van der Waals surface area contributed by atoms with Crippen molar-refractivity contribution in [2.45, 2.75) is 13.5 Å². The Hall–Kier alpha value is -2.15. The SMILES string of the molecule is CCOc1cc(/C=C2\SC(=O)N(Cc3ccc(Cl)cc3)C2=O)cc(Cl)c1OC. The molecule has 1 aliphatic heterocycles. The summed E-state index contributed by atoms with van der Waals surface area (Å²) in [7, 11) is 1.51. The van der Waals surface area contributed by atoms with Crippen LogP contribution in [0.4, 0.5) is 4.79 Å². The topological polar surface area (TPSA) is 55.8 Å². The molecule has 0 unspecified atom stereocenters. The average molecular weight is 438 g/mol. The Morgan fingerprint density at radius 3 is 2.50 bits per heavy atom. The first kappa shape index (κ1) is 20.6. The van der Waals surface area contributed by atoms with Gasteiger partial charge in [0, 0.05) is 5.02 Å². The zero-order valence-corrected chi connectivity index (χ0v) is 17.5. The van der Waals surface area contributed by atoms with E-state index < -0.39 is 0 Å². The van der Waals surface area contributed by atoms with E-state index >= 15 is 0 Å². The fraction of sp³-hybridized carbons (Fsp3) is 0.200. The molecule has 1 heterocycles. The van der Waals surface area contributed by atoms with Gasteiger partial charge in [-0.3, -0.25) is 14.5 Å². The van der Waals surface area contributed by atoms with Gasteiger partial charge in [-0.1, -0.05) is 35.3 Å². The number of methoxy groups -OCH3 is 1. The quantitative estimate of drug-likeness (QED) is 0.547. The molecule has 0 aliphatic carbocycles. The van der Waals surface area contributed by atoms with E-state index in [1.165, 1.54) is 12.0 Å². The number of thioether (sulfide) groups is 1. The van der Waals surface area contributed by atoms with Crippen LogP contribution in [0.3, 0.4) is 0 Å². The Labute approximate surface area is 177 Å². The van der Waals surface area contributed by atoms with Crippen molar-refractivity contribution in [2.24, 2.45) is 0 Å². The Morgan fingerprint density at radius 2 is 1.86 bits per heavy atom. The number of amides is 2. The normalized spacial score (nSPS) is 15.4. The van der Waals surface area contributed by atoms with E-state index in [4.69, 9.17) is 32.7 Å². The van der Waals surface area contributed by atoms with Crippen molar-refractivity contribution in [1.29, 1.82) is 0 Å². The predicted molar refractivity (Wildman–Crippen MR) is 112 cm³/mol. The third-order valence-corrected chi connectivity index (χ3v) is 5.40. The molecule has 3 rings (SSSR count). The molecule has 0 bridgehead atoms. The minimum absolute atomic E-state index is 0.187. The number of hydrogen-bond acceptors (Lipinski definition) is 5. The molecule has 2 amide bonds. The largest absolute Gasteiger partial charge is 0.491 e. The van der Waals surface area contributed by atoms with Crippen LogP contribution in [0.1, 0.15) is 18.1 Å². The molecule has 2 aromatic carbocycles. The highest BCUT2D eigenvalue weighted by atomic mass is 35.5. The molecule has 0 radical (unpaired) electrons. The van der Waals surface area contributed by atoms with Crippen molar-refractivity contribution in [1.82, 2.24) is 4.90 Å². The molecule has 1 saturated heterocycles. The zero-order chi connectivity index (χ0) is 20.3. The standard InChI is InChI=1S/C20H17Cl2NO4S/c1-3-27-16-9-13(8-15(22)18(16)26-2)10-17-19(24)23(20(25)28-17)11-12-4-6-14(21)7-5-12/h4-10H,3,11H2,1-2H3/b17-10-. The Morgan fingerprint density at radius 1 is 1.14 bits per heavy atom. The monoisotopic (exact) mass is 437 g/mol. The smallest absolute Gasteiger partial charge is 0.293 e. The maximum atomic E-state index is 12.7. The first-order valence-corrected chi connectivity index (χ1v) is 10.00. The number of hydrogen-bond donors (Lipinski definition) is 0. The second kappa shape index (κ2) is 8.90. The van der Waals surface area contributed by atoms with Gasteiger partial charge < -0.3 is 9.47 Å². The lowest BCUT2D eigenvalue weighted by Gasteiger charge is -2.13. The van der Waals surface area contributed by atoms with Crippen LogP contribution in [-0.4, -0.2) is 29.8 Å². The molecule has 146 valence electrons. The van der Waals surface area contributed by atoms with Crippen molar-refractivity contribution in [2.75, 3.05) is 13.7 Å². The molecule has 2 aromatic rings. The summed E-state index contributed by atoms with van der Waals surface area (Å²) < 4.78 is 10.8. The van der Waals surface area contributed by atoms with Crippen LogP contribution in [0, 0.1) is 0 Å². The molecule has 0 atom stereocenters. The summed E-state index contributed by atoms with van der Waals surface area (Å²) in [4.78, 5) is 26.6. The van der Waals surface area contributed by atoms with Gasteiger partial charge in [0.05, 0.1) is 30.2 Å². The molecule has 0 spiro atoms. The molecule has 28 heavy (non-hydrogen) atoms. The molecular weight excluding hydrogens is 421 g/mol. The van der Waals surface area contributed by atoms with Gasteiger partial charge in [-0.2, -0.15) is 0 Å². The van der Waals surface area contributed by atoms with E-state index in [1.54, 1.807) is 42.5 Å². The average Bonchev–Trinajstić information content (AvgIpc) is 2.91. The number of rotatable bonds is 6. The van der Waals surface area contributed by atoms with E-state index in [0.717, 1.165) is 17.3 Å². The number of nitrogens with zero attached hydrogens (tertiary/aromatic N) is 1. The molecular formula is C20H17Cl2NO4S. The lowest BCUT2D eigenvalue weighted by atomic mass is 10.1. The van der Waals surface area contributed by atoms with E-state index in [0.29, 0.717) is 38.6 Å². The van der Waals surface area contributed by atoms with E-state index in [2.05, 4.69) is 0 Å². The summed E-state index contributed by atoms with van der Waals surface area (Å²) in [6.45, 7) is 2.47. The molecule has 1 aliphatic rings. The van der Waals surface area contributed by atoms with Gasteiger partial charge in [-0.05, 0) is 60.2 Å². The summed E-state index contributed by atoms with van der Waals surface area (Å²) in [5.74, 6) is 0.551. The molecule has 0 N–H and O–H groups in total. The van der Waals surface area contributed by atoms with Crippen molar-refractivity contribution >= 4 is 52.2 Å². The van der Waals surface area contributed by atoms with Crippen LogP contribution in [0.15, 0.2) is 41.3 Å². The summed E-state index contributed by atoms with van der Waals surface area (Å²) in [5, 5.41) is 0.634. The highest BCUT2D eigenvalue weighted by molar-refractivity contribution is 8.18. The number of halogens is 2. The second-order valence-electron chi connectivity index (χ2n) is 5.86. The number of imide groups is 1. The lowest BCUT2D eigenvalue weighted by Crippen LogP contribution is -2.27. The summed E-state index contributed by atoms with van der Waals surface area (Å²) >= 11 is 13.0. The number of ether oxygens (including phenoxy) is 2. The van der Waals surface area contributed by atoms with Gasteiger partial charge in [-0.15, -0.1) is 0 Å². The zero-order valence-electron chi connectivity index (χ0n) is 15.2. The van der Waals surface area contributed by atoms with Gasteiger partial charge in [-0.25, -0.2) is 0 Å². The van der Waals surface area contributed by atoms with Crippen LogP contribution in [0.25, 0.3) is 6.08 Å². The van der Waals surface area contributed by atoms with Crippen LogP contribution in [-0.2, 0) is 11.3 Å². The van der Waals surface area contributed by atoms with Gasteiger partial charge >= 0.3 is 0 Å². The summed E-state index contributed by atoms with van der Waals surface area (Å²) in [6.07, 6.45) is 1.63. The Bertz CT molecular complexity index is 944. The molecule has 0 aromatic heterocycles. The molecule has 0 saturated carbocycles. The minimum atomic E-state index is -0.352. The Kier molecular flexibility index (Phi) is 6.54.